The number of amides is 1. The van der Waals surface area contributed by atoms with E-state index in [0.29, 0.717) is 5.56 Å². The van der Waals surface area contributed by atoms with E-state index in [9.17, 15) is 23.9 Å². The van der Waals surface area contributed by atoms with Gasteiger partial charge in [0.2, 0.25) is 0 Å². The van der Waals surface area contributed by atoms with Crippen LogP contribution >= 0.6 is 0 Å². The number of carbonyl (C=O) groups excluding carboxylic acids is 2. The summed E-state index contributed by atoms with van der Waals surface area (Å²) in [4.78, 5) is 37.3. The van der Waals surface area contributed by atoms with E-state index in [1.54, 1.807) is 30.3 Å². The van der Waals surface area contributed by atoms with Gasteiger partial charge in [0.1, 0.15) is 11.6 Å². The molecule has 0 spiro atoms. The summed E-state index contributed by atoms with van der Waals surface area (Å²) in [5.41, 5.74) is 1.14. The normalized spacial score (nSPS) is 18.3. The summed E-state index contributed by atoms with van der Waals surface area (Å²) in [6.45, 7) is 1.81. The van der Waals surface area contributed by atoms with Crippen molar-refractivity contribution in [2.45, 2.75) is 25.8 Å². The largest absolute Gasteiger partial charge is 0.507 e. The summed E-state index contributed by atoms with van der Waals surface area (Å²) in [5.74, 6) is -3.87. The molecule has 1 unspecified atom stereocenters. The van der Waals surface area contributed by atoms with Gasteiger partial charge in [0.15, 0.2) is 0 Å². The molecule has 2 aromatic carbocycles. The van der Waals surface area contributed by atoms with Gasteiger partial charge < -0.3 is 15.1 Å². The first-order valence-electron chi connectivity index (χ1n) is 9.13. The number of aliphatic hydroxyl groups is 1. The van der Waals surface area contributed by atoms with Crippen LogP contribution < -0.4 is 0 Å². The number of halogens is 1. The number of benzene rings is 2. The zero-order valence-corrected chi connectivity index (χ0v) is 15.8. The van der Waals surface area contributed by atoms with Crippen LogP contribution in [0.2, 0.25) is 0 Å². The Morgan fingerprint density at radius 3 is 2.34 bits per heavy atom. The van der Waals surface area contributed by atoms with Crippen LogP contribution in [0.15, 0.2) is 54.1 Å². The molecule has 3 rings (SSSR count). The molecule has 0 aliphatic carbocycles. The van der Waals surface area contributed by atoms with Crippen LogP contribution in [0, 0.1) is 12.7 Å². The van der Waals surface area contributed by atoms with Crippen LogP contribution in [-0.4, -0.2) is 39.3 Å². The molecule has 0 aromatic heterocycles. The van der Waals surface area contributed by atoms with Crippen molar-refractivity contribution in [2.75, 3.05) is 6.54 Å². The minimum absolute atomic E-state index is 0.0550. The van der Waals surface area contributed by atoms with Gasteiger partial charge in [-0.1, -0.05) is 48.0 Å². The number of Topliss-reactive ketones (excluding diaryl/α,β-unsaturated/α-hetero) is 1. The van der Waals surface area contributed by atoms with Crippen molar-refractivity contribution in [3.05, 3.63) is 76.6 Å². The van der Waals surface area contributed by atoms with Gasteiger partial charge in [0.05, 0.1) is 11.6 Å². The van der Waals surface area contributed by atoms with E-state index < -0.39 is 35.3 Å². The van der Waals surface area contributed by atoms with E-state index >= 15 is 0 Å². The second kappa shape index (κ2) is 8.26. The Morgan fingerprint density at radius 2 is 1.72 bits per heavy atom. The predicted molar refractivity (Wildman–Crippen MR) is 103 cm³/mol. The summed E-state index contributed by atoms with van der Waals surface area (Å²) >= 11 is 0. The van der Waals surface area contributed by atoms with Crippen LogP contribution in [0.25, 0.3) is 5.76 Å². The van der Waals surface area contributed by atoms with E-state index in [-0.39, 0.29) is 30.5 Å². The van der Waals surface area contributed by atoms with Gasteiger partial charge in [0, 0.05) is 24.1 Å². The van der Waals surface area contributed by atoms with Gasteiger partial charge >= 0.3 is 5.97 Å². The van der Waals surface area contributed by atoms with Crippen molar-refractivity contribution in [1.82, 2.24) is 4.90 Å². The fourth-order valence-corrected chi connectivity index (χ4v) is 3.40. The van der Waals surface area contributed by atoms with Crippen LogP contribution in [-0.2, 0) is 14.4 Å². The molecule has 2 N–H and O–H groups in total. The average Bonchev–Trinajstić information content (AvgIpc) is 2.93. The topological polar surface area (TPSA) is 94.9 Å². The Bertz CT molecular complexity index is 997. The molecule has 29 heavy (non-hydrogen) atoms. The maximum Gasteiger partial charge on any atom is 0.303 e. The van der Waals surface area contributed by atoms with Crippen LogP contribution in [0.4, 0.5) is 4.39 Å². The lowest BCUT2D eigenvalue weighted by molar-refractivity contribution is -0.140. The van der Waals surface area contributed by atoms with Crippen LogP contribution in [0.3, 0.4) is 0 Å². The molecule has 1 fully saturated rings. The molecule has 0 saturated carbocycles. The molecular weight excluding hydrogens is 377 g/mol. The van der Waals surface area contributed by atoms with Crippen molar-refractivity contribution in [3.63, 3.8) is 0 Å². The van der Waals surface area contributed by atoms with E-state index in [0.717, 1.165) is 10.5 Å². The molecule has 2 aromatic rings. The molecule has 1 aliphatic heterocycles. The predicted octanol–water partition coefficient (Wildman–Crippen LogP) is 3.42. The highest BCUT2D eigenvalue weighted by Gasteiger charge is 2.46. The number of carboxylic acid groups (broad SMARTS) is 1. The van der Waals surface area contributed by atoms with Gasteiger partial charge in [-0.15, -0.1) is 0 Å². The molecule has 0 bridgehead atoms. The third-order valence-corrected chi connectivity index (χ3v) is 4.85. The van der Waals surface area contributed by atoms with Gasteiger partial charge in [-0.05, 0) is 19.4 Å². The molecule has 1 aliphatic rings. The molecular formula is C22H20FNO5. The SMILES string of the molecule is Cc1ccc(/C(O)=C2\C(=O)C(=O)N(CCCC(=O)O)C2c2ccccc2F)cc1. The molecule has 1 amide bonds. The number of rotatable bonds is 6. The summed E-state index contributed by atoms with van der Waals surface area (Å²) in [6, 6.07) is 11.3. The second-order valence-electron chi connectivity index (χ2n) is 6.88. The smallest absolute Gasteiger partial charge is 0.303 e. The monoisotopic (exact) mass is 397 g/mol. The first kappa shape index (κ1) is 20.3. The maximum absolute atomic E-state index is 14.6. The number of aryl methyl sites for hydroxylation is 1. The fourth-order valence-electron chi connectivity index (χ4n) is 3.40. The standard InChI is InChI=1S/C22H20FNO5/c1-13-8-10-14(11-9-13)20(27)18-19(15-5-2-3-6-16(15)23)24(22(29)21(18)28)12-4-7-17(25)26/h2-3,5-6,8-11,19,27H,4,7,12H2,1H3,(H,25,26)/b20-18+. The van der Waals surface area contributed by atoms with E-state index in [1.165, 1.54) is 18.2 Å². The minimum Gasteiger partial charge on any atom is -0.507 e. The minimum atomic E-state index is -1.13. The first-order chi connectivity index (χ1) is 13.8. The highest BCUT2D eigenvalue weighted by Crippen LogP contribution is 2.40. The zero-order chi connectivity index (χ0) is 21.1. The fraction of sp³-hybridized carbons (Fsp3) is 0.227. The zero-order valence-electron chi connectivity index (χ0n) is 15.8. The van der Waals surface area contributed by atoms with Crippen molar-refractivity contribution >= 4 is 23.4 Å². The van der Waals surface area contributed by atoms with Gasteiger partial charge in [-0.2, -0.15) is 0 Å². The molecule has 1 heterocycles. The number of likely N-dealkylation sites (tertiary alicyclic amines) is 1. The van der Waals surface area contributed by atoms with Crippen molar-refractivity contribution < 1.29 is 29.0 Å². The number of carbonyl (C=O) groups is 3. The van der Waals surface area contributed by atoms with Crippen LogP contribution in [0.5, 0.6) is 0 Å². The van der Waals surface area contributed by atoms with E-state index in [1.807, 2.05) is 6.92 Å². The van der Waals surface area contributed by atoms with E-state index in [2.05, 4.69) is 0 Å². The lowest BCUT2D eigenvalue weighted by atomic mass is 9.94. The third kappa shape index (κ3) is 4.03. The van der Waals surface area contributed by atoms with Gasteiger partial charge in [-0.3, -0.25) is 14.4 Å². The highest BCUT2D eigenvalue weighted by molar-refractivity contribution is 6.46. The number of hydrogen-bond acceptors (Lipinski definition) is 4. The lowest BCUT2D eigenvalue weighted by Crippen LogP contribution is -2.31. The third-order valence-electron chi connectivity index (χ3n) is 4.85. The highest BCUT2D eigenvalue weighted by atomic mass is 19.1. The number of nitrogens with zero attached hydrogens (tertiary/aromatic N) is 1. The van der Waals surface area contributed by atoms with E-state index in [4.69, 9.17) is 5.11 Å². The second-order valence-corrected chi connectivity index (χ2v) is 6.88. The Hall–Kier alpha value is -3.48. The first-order valence-corrected chi connectivity index (χ1v) is 9.13. The number of aliphatic hydroxyl groups excluding tert-OH is 1. The summed E-state index contributed by atoms with van der Waals surface area (Å²) in [7, 11) is 0. The molecule has 7 heteroatoms. The molecule has 150 valence electrons. The van der Waals surface area contributed by atoms with Gasteiger partial charge in [0.25, 0.3) is 11.7 Å². The number of carboxylic acids is 1. The molecule has 1 atom stereocenters. The molecule has 0 radical (unpaired) electrons. The number of hydrogen-bond donors (Lipinski definition) is 2. The molecule has 1 saturated heterocycles. The number of ketones is 1. The van der Waals surface area contributed by atoms with Crippen molar-refractivity contribution in [2.24, 2.45) is 0 Å². The Kier molecular flexibility index (Phi) is 5.77. The quantitative estimate of drug-likeness (QED) is 0.442. The Balaban J connectivity index is 2.12. The van der Waals surface area contributed by atoms with Crippen molar-refractivity contribution in [3.8, 4) is 0 Å². The van der Waals surface area contributed by atoms with Crippen LogP contribution in [0.1, 0.15) is 35.6 Å². The maximum atomic E-state index is 14.6. The van der Waals surface area contributed by atoms with Gasteiger partial charge in [-0.25, -0.2) is 4.39 Å². The lowest BCUT2D eigenvalue weighted by Gasteiger charge is -2.25. The Labute approximate surface area is 166 Å². The summed E-state index contributed by atoms with van der Waals surface area (Å²) in [6.07, 6.45) is -0.108. The number of aliphatic carboxylic acids is 1. The summed E-state index contributed by atoms with van der Waals surface area (Å²) in [5, 5.41) is 19.7. The Morgan fingerprint density at radius 1 is 1.07 bits per heavy atom. The average molecular weight is 397 g/mol. The summed E-state index contributed by atoms with van der Waals surface area (Å²) < 4.78 is 14.6. The van der Waals surface area contributed by atoms with Crippen molar-refractivity contribution in [1.29, 1.82) is 0 Å². The molecule has 6 nitrogen and oxygen atoms in total.